The van der Waals surface area contributed by atoms with Gasteiger partial charge in [-0.05, 0) is 23.8 Å². The topological polar surface area (TPSA) is 80.4 Å². The molecule has 0 aliphatic carbocycles. The molecule has 1 heterocycles. The number of hydrogen-bond acceptors (Lipinski definition) is 4. The van der Waals surface area contributed by atoms with Crippen LogP contribution >= 0.6 is 23.2 Å². The number of esters is 1. The van der Waals surface area contributed by atoms with Gasteiger partial charge in [-0.2, -0.15) is 0 Å². The number of nitrogens with one attached hydrogen (secondary N) is 2. The van der Waals surface area contributed by atoms with Crippen molar-refractivity contribution in [1.82, 2.24) is 10.3 Å². The molecule has 0 radical (unpaired) electrons. The second-order valence-electron chi connectivity index (χ2n) is 6.05. The van der Waals surface area contributed by atoms with E-state index in [0.717, 1.165) is 16.5 Å². The summed E-state index contributed by atoms with van der Waals surface area (Å²) in [7, 11) is 1.27. The Balaban J connectivity index is 1.68. The van der Waals surface area contributed by atoms with Gasteiger partial charge in [0, 0.05) is 23.5 Å². The third-order valence-corrected chi connectivity index (χ3v) is 4.78. The summed E-state index contributed by atoms with van der Waals surface area (Å²) in [6, 6.07) is 11.7. The highest BCUT2D eigenvalue weighted by Crippen LogP contribution is 2.32. The number of hydrogen-bond donors (Lipinski definition) is 2. The molecule has 1 amide bonds. The molecule has 2 aromatic carbocycles. The Morgan fingerprint density at radius 3 is 2.54 bits per heavy atom. The summed E-state index contributed by atoms with van der Waals surface area (Å²) in [5, 5.41) is 4.21. The minimum Gasteiger partial charge on any atom is -0.481 e. The van der Waals surface area contributed by atoms with Crippen LogP contribution in [-0.4, -0.2) is 36.6 Å². The van der Waals surface area contributed by atoms with Crippen molar-refractivity contribution in [2.75, 3.05) is 13.7 Å². The molecule has 0 fully saturated rings. The predicted octanol–water partition coefficient (Wildman–Crippen LogP) is 3.75. The zero-order valence-electron chi connectivity index (χ0n) is 15.0. The number of ether oxygens (including phenoxy) is 2. The molecule has 3 aromatic rings. The molecule has 3 rings (SSSR count). The summed E-state index contributed by atoms with van der Waals surface area (Å²) in [5.41, 5.74) is 1.84. The summed E-state index contributed by atoms with van der Waals surface area (Å²) < 4.78 is 10.2. The minimum absolute atomic E-state index is 0.215. The number of fused-ring (bicyclic) bond motifs is 1. The van der Waals surface area contributed by atoms with Crippen LogP contribution in [0.3, 0.4) is 0 Å². The first-order valence-electron chi connectivity index (χ1n) is 8.48. The SMILES string of the molecule is COC(=O)C(Cc1c[nH]c2ccccc12)NC(=O)COc1c(Cl)cccc1Cl. The summed E-state index contributed by atoms with van der Waals surface area (Å²) >= 11 is 12.0. The molecule has 1 aromatic heterocycles. The van der Waals surface area contributed by atoms with Gasteiger partial charge in [-0.1, -0.05) is 47.5 Å². The normalized spacial score (nSPS) is 11.8. The lowest BCUT2D eigenvalue weighted by Gasteiger charge is -2.17. The van der Waals surface area contributed by atoms with Crippen LogP contribution in [0.4, 0.5) is 0 Å². The van der Waals surface area contributed by atoms with Gasteiger partial charge in [0.15, 0.2) is 12.4 Å². The fraction of sp³-hybridized carbons (Fsp3) is 0.200. The van der Waals surface area contributed by atoms with E-state index >= 15 is 0 Å². The van der Waals surface area contributed by atoms with Crippen molar-refractivity contribution in [3.05, 3.63) is 64.3 Å². The van der Waals surface area contributed by atoms with Gasteiger partial charge in [0.05, 0.1) is 17.2 Å². The lowest BCUT2D eigenvalue weighted by molar-refractivity contribution is -0.145. The van der Waals surface area contributed by atoms with Crippen molar-refractivity contribution in [3.63, 3.8) is 0 Å². The molecule has 6 nitrogen and oxygen atoms in total. The second-order valence-corrected chi connectivity index (χ2v) is 6.86. The predicted molar refractivity (Wildman–Crippen MR) is 108 cm³/mol. The molecule has 0 spiro atoms. The Hall–Kier alpha value is -2.70. The third-order valence-electron chi connectivity index (χ3n) is 4.19. The number of carbonyl (C=O) groups is 2. The highest BCUT2D eigenvalue weighted by molar-refractivity contribution is 6.37. The number of aromatic amines is 1. The maximum atomic E-state index is 12.3. The van der Waals surface area contributed by atoms with Crippen LogP contribution in [0.1, 0.15) is 5.56 Å². The fourth-order valence-electron chi connectivity index (χ4n) is 2.85. The molecule has 146 valence electrons. The number of halogens is 2. The van der Waals surface area contributed by atoms with E-state index in [1.807, 2.05) is 30.5 Å². The van der Waals surface area contributed by atoms with Crippen LogP contribution in [0, 0.1) is 0 Å². The molecule has 1 atom stereocenters. The highest BCUT2D eigenvalue weighted by atomic mass is 35.5. The molecule has 0 bridgehead atoms. The first kappa shape index (κ1) is 20.0. The van der Waals surface area contributed by atoms with Crippen molar-refractivity contribution in [1.29, 1.82) is 0 Å². The average Bonchev–Trinajstić information content (AvgIpc) is 3.09. The molecule has 2 N–H and O–H groups in total. The Labute approximate surface area is 171 Å². The van der Waals surface area contributed by atoms with Gasteiger partial charge < -0.3 is 19.8 Å². The molecule has 0 aliphatic heterocycles. The van der Waals surface area contributed by atoms with Crippen LogP contribution in [0.15, 0.2) is 48.7 Å². The first-order valence-corrected chi connectivity index (χ1v) is 9.24. The molecule has 0 aliphatic rings. The number of H-pyrrole nitrogens is 1. The molecular weight excluding hydrogens is 403 g/mol. The Bertz CT molecular complexity index is 983. The molecule has 1 unspecified atom stereocenters. The fourth-order valence-corrected chi connectivity index (χ4v) is 3.36. The van der Waals surface area contributed by atoms with Crippen molar-refractivity contribution >= 4 is 46.0 Å². The van der Waals surface area contributed by atoms with Crippen molar-refractivity contribution in [2.45, 2.75) is 12.5 Å². The lowest BCUT2D eigenvalue weighted by Crippen LogP contribution is -2.44. The quantitative estimate of drug-likeness (QED) is 0.570. The third kappa shape index (κ3) is 4.58. The summed E-state index contributed by atoms with van der Waals surface area (Å²) in [6.45, 7) is -0.342. The number of carbonyl (C=O) groups excluding carboxylic acids is 2. The number of amides is 1. The summed E-state index contributed by atoms with van der Waals surface area (Å²) in [6.07, 6.45) is 2.09. The molecule has 28 heavy (non-hydrogen) atoms. The average molecular weight is 421 g/mol. The number of aromatic nitrogens is 1. The largest absolute Gasteiger partial charge is 0.481 e. The van der Waals surface area contributed by atoms with Crippen LogP contribution < -0.4 is 10.1 Å². The maximum absolute atomic E-state index is 12.3. The standard InChI is InChI=1S/C20H18Cl2N2O4/c1-27-20(26)17(9-12-10-23-16-8-3-2-5-13(12)16)24-18(25)11-28-19-14(21)6-4-7-15(19)22/h2-8,10,17,23H,9,11H2,1H3,(H,24,25). The highest BCUT2D eigenvalue weighted by Gasteiger charge is 2.23. The van der Waals surface area contributed by atoms with Gasteiger partial charge in [-0.25, -0.2) is 4.79 Å². The van der Waals surface area contributed by atoms with E-state index < -0.39 is 17.9 Å². The number of benzene rings is 2. The maximum Gasteiger partial charge on any atom is 0.328 e. The smallest absolute Gasteiger partial charge is 0.328 e. The minimum atomic E-state index is -0.859. The van der Waals surface area contributed by atoms with E-state index in [-0.39, 0.29) is 18.8 Å². The zero-order chi connectivity index (χ0) is 20.1. The van der Waals surface area contributed by atoms with Crippen molar-refractivity contribution < 1.29 is 19.1 Å². The van der Waals surface area contributed by atoms with E-state index in [9.17, 15) is 9.59 Å². The van der Waals surface area contributed by atoms with E-state index in [1.54, 1.807) is 18.2 Å². The van der Waals surface area contributed by atoms with Crippen molar-refractivity contribution in [2.24, 2.45) is 0 Å². The van der Waals surface area contributed by atoms with Crippen molar-refractivity contribution in [3.8, 4) is 5.75 Å². The van der Waals surface area contributed by atoms with Crippen LogP contribution in [0.5, 0.6) is 5.75 Å². The molecule has 0 saturated heterocycles. The van der Waals surface area contributed by atoms with E-state index in [4.69, 9.17) is 32.7 Å². The number of rotatable bonds is 7. The Kier molecular flexibility index (Phi) is 6.44. The van der Waals surface area contributed by atoms with Gasteiger partial charge in [-0.15, -0.1) is 0 Å². The van der Waals surface area contributed by atoms with E-state index in [2.05, 4.69) is 10.3 Å². The van der Waals surface area contributed by atoms with Gasteiger partial charge in [-0.3, -0.25) is 4.79 Å². The van der Waals surface area contributed by atoms with Gasteiger partial charge in [0.1, 0.15) is 6.04 Å². The lowest BCUT2D eigenvalue weighted by atomic mass is 10.0. The number of methoxy groups -OCH3 is 1. The summed E-state index contributed by atoms with van der Waals surface area (Å²) in [4.78, 5) is 27.6. The Morgan fingerprint density at radius 1 is 1.11 bits per heavy atom. The second kappa shape index (κ2) is 8.99. The summed E-state index contributed by atoms with van der Waals surface area (Å²) in [5.74, 6) is -0.826. The zero-order valence-corrected chi connectivity index (χ0v) is 16.5. The van der Waals surface area contributed by atoms with Crippen LogP contribution in [-0.2, 0) is 20.7 Å². The van der Waals surface area contributed by atoms with Gasteiger partial charge in [0.25, 0.3) is 5.91 Å². The monoisotopic (exact) mass is 420 g/mol. The first-order chi connectivity index (χ1) is 13.5. The van der Waals surface area contributed by atoms with Gasteiger partial charge >= 0.3 is 5.97 Å². The van der Waals surface area contributed by atoms with Gasteiger partial charge in [0.2, 0.25) is 0 Å². The van der Waals surface area contributed by atoms with E-state index in [1.165, 1.54) is 7.11 Å². The number of para-hydroxylation sites is 2. The Morgan fingerprint density at radius 2 is 1.82 bits per heavy atom. The molecule has 0 saturated carbocycles. The molecule has 8 heteroatoms. The molecular formula is C20H18Cl2N2O4. The van der Waals surface area contributed by atoms with E-state index in [0.29, 0.717) is 10.0 Å². The van der Waals surface area contributed by atoms with Crippen LogP contribution in [0.2, 0.25) is 10.0 Å². The van der Waals surface area contributed by atoms with Crippen LogP contribution in [0.25, 0.3) is 10.9 Å².